The molecule has 1 aromatic carbocycles. The van der Waals surface area contributed by atoms with Gasteiger partial charge in [0.2, 0.25) is 0 Å². The molecule has 2 aromatic rings. The predicted molar refractivity (Wildman–Crippen MR) is 84.1 cm³/mol. The summed E-state index contributed by atoms with van der Waals surface area (Å²) in [5, 5.41) is 7.79. The van der Waals surface area contributed by atoms with Crippen LogP contribution in [0.25, 0.3) is 0 Å². The third kappa shape index (κ3) is 3.63. The van der Waals surface area contributed by atoms with Gasteiger partial charge in [-0.15, -0.1) is 0 Å². The van der Waals surface area contributed by atoms with Gasteiger partial charge >= 0.3 is 0 Å². The molecule has 21 heavy (non-hydrogen) atoms. The zero-order valence-corrected chi connectivity index (χ0v) is 14.1. The van der Waals surface area contributed by atoms with Crippen molar-refractivity contribution in [2.75, 3.05) is 20.8 Å². The monoisotopic (exact) mass is 375 g/mol. The van der Waals surface area contributed by atoms with Crippen LogP contribution in [0.15, 0.2) is 28.9 Å². The molecule has 0 bridgehead atoms. The molecule has 0 aliphatic heterocycles. The smallest absolute Gasteiger partial charge is 0.129 e. The molecule has 7 heteroatoms. The minimum Gasteiger partial charge on any atom is -0.383 e. The molecular weight excluding hydrogens is 361 g/mol. The molecule has 1 heterocycles. The third-order valence-electron chi connectivity index (χ3n) is 3.18. The molecule has 0 saturated heterocycles. The number of methoxy groups -OCH3 is 1. The largest absolute Gasteiger partial charge is 0.383 e. The fourth-order valence-electron chi connectivity index (χ4n) is 2.19. The van der Waals surface area contributed by atoms with Gasteiger partial charge < -0.3 is 10.1 Å². The van der Waals surface area contributed by atoms with E-state index in [2.05, 4.69) is 26.3 Å². The van der Waals surface area contributed by atoms with Crippen LogP contribution in [-0.2, 0) is 11.3 Å². The Morgan fingerprint density at radius 2 is 2.29 bits per heavy atom. The van der Waals surface area contributed by atoms with Gasteiger partial charge in [0, 0.05) is 17.7 Å². The standard InChI is InChI=1S/C14H16BrClFN3O/c1-18-13(10-4-3-9(16)7-12(10)17)14-11(15)8-19-20(14)5-6-21-2/h3-4,7-8,13,18H,5-6H2,1-2H3. The van der Waals surface area contributed by atoms with Crippen molar-refractivity contribution in [3.63, 3.8) is 0 Å². The van der Waals surface area contributed by atoms with Crippen molar-refractivity contribution >= 4 is 27.5 Å². The molecule has 0 fully saturated rings. The predicted octanol–water partition coefficient (Wildman–Crippen LogP) is 3.39. The van der Waals surface area contributed by atoms with Crippen molar-refractivity contribution in [2.24, 2.45) is 0 Å². The van der Waals surface area contributed by atoms with Crippen LogP contribution in [-0.4, -0.2) is 30.5 Å². The summed E-state index contributed by atoms with van der Waals surface area (Å²) in [5.74, 6) is -0.353. The third-order valence-corrected chi connectivity index (χ3v) is 4.02. The maximum absolute atomic E-state index is 14.2. The van der Waals surface area contributed by atoms with Gasteiger partial charge in [0.1, 0.15) is 5.82 Å². The van der Waals surface area contributed by atoms with Gasteiger partial charge in [-0.25, -0.2) is 4.39 Å². The van der Waals surface area contributed by atoms with Crippen molar-refractivity contribution < 1.29 is 9.13 Å². The van der Waals surface area contributed by atoms with E-state index in [-0.39, 0.29) is 11.9 Å². The second kappa shape index (κ2) is 7.35. The molecule has 0 amide bonds. The number of rotatable bonds is 6. The maximum Gasteiger partial charge on any atom is 0.129 e. The second-order valence-electron chi connectivity index (χ2n) is 4.48. The Bertz CT molecular complexity index is 620. The molecule has 0 aliphatic carbocycles. The summed E-state index contributed by atoms with van der Waals surface area (Å²) in [6, 6.07) is 4.33. The summed E-state index contributed by atoms with van der Waals surface area (Å²) < 4.78 is 21.9. The lowest BCUT2D eigenvalue weighted by Crippen LogP contribution is -2.24. The number of nitrogens with zero attached hydrogens (tertiary/aromatic N) is 2. The lowest BCUT2D eigenvalue weighted by atomic mass is 10.0. The number of benzene rings is 1. The van der Waals surface area contributed by atoms with E-state index in [0.29, 0.717) is 23.7 Å². The van der Waals surface area contributed by atoms with E-state index in [9.17, 15) is 4.39 Å². The second-order valence-corrected chi connectivity index (χ2v) is 5.77. The molecule has 4 nitrogen and oxygen atoms in total. The highest BCUT2D eigenvalue weighted by Gasteiger charge is 2.23. The molecule has 1 atom stereocenters. The lowest BCUT2D eigenvalue weighted by Gasteiger charge is -2.20. The number of ether oxygens (including phenoxy) is 1. The summed E-state index contributed by atoms with van der Waals surface area (Å²) in [6.45, 7) is 1.12. The summed E-state index contributed by atoms with van der Waals surface area (Å²) >= 11 is 9.29. The van der Waals surface area contributed by atoms with E-state index in [1.165, 1.54) is 6.07 Å². The topological polar surface area (TPSA) is 39.1 Å². The van der Waals surface area contributed by atoms with Gasteiger partial charge in [-0.2, -0.15) is 5.10 Å². The zero-order valence-electron chi connectivity index (χ0n) is 11.7. The summed E-state index contributed by atoms with van der Waals surface area (Å²) in [6.07, 6.45) is 1.70. The first-order valence-electron chi connectivity index (χ1n) is 6.40. The quantitative estimate of drug-likeness (QED) is 0.840. The fourth-order valence-corrected chi connectivity index (χ4v) is 2.87. The highest BCUT2D eigenvalue weighted by molar-refractivity contribution is 9.10. The molecule has 1 aromatic heterocycles. The van der Waals surface area contributed by atoms with Gasteiger partial charge in [0.15, 0.2) is 0 Å². The number of halogens is 3. The van der Waals surface area contributed by atoms with E-state index < -0.39 is 0 Å². The lowest BCUT2D eigenvalue weighted by molar-refractivity contribution is 0.182. The van der Waals surface area contributed by atoms with E-state index in [1.54, 1.807) is 37.2 Å². The number of hydrogen-bond acceptors (Lipinski definition) is 3. The van der Waals surface area contributed by atoms with E-state index in [0.717, 1.165) is 10.2 Å². The zero-order chi connectivity index (χ0) is 15.4. The first-order valence-corrected chi connectivity index (χ1v) is 7.58. The van der Waals surface area contributed by atoms with Gasteiger partial charge in [-0.1, -0.05) is 17.7 Å². The molecule has 0 aliphatic rings. The highest BCUT2D eigenvalue weighted by Crippen LogP contribution is 2.30. The van der Waals surface area contributed by atoms with Crippen LogP contribution in [0.1, 0.15) is 17.3 Å². The minimum absolute atomic E-state index is 0.337. The molecule has 1 unspecified atom stereocenters. The molecular formula is C14H16BrClFN3O. The van der Waals surface area contributed by atoms with E-state index >= 15 is 0 Å². The first kappa shape index (κ1) is 16.4. The van der Waals surface area contributed by atoms with Crippen LogP contribution in [0.2, 0.25) is 5.02 Å². The van der Waals surface area contributed by atoms with E-state index in [1.807, 2.05) is 0 Å². The maximum atomic E-state index is 14.2. The summed E-state index contributed by atoms with van der Waals surface area (Å²) in [4.78, 5) is 0. The summed E-state index contributed by atoms with van der Waals surface area (Å²) in [7, 11) is 3.41. The fraction of sp³-hybridized carbons (Fsp3) is 0.357. The molecule has 114 valence electrons. The molecule has 1 N–H and O–H groups in total. The molecule has 2 rings (SSSR count). The minimum atomic E-state index is -0.353. The SMILES string of the molecule is CNC(c1ccc(Cl)cc1F)c1c(Br)cnn1CCOC. The Morgan fingerprint density at radius 3 is 2.90 bits per heavy atom. The molecule has 0 saturated carbocycles. The number of hydrogen-bond donors (Lipinski definition) is 1. The van der Waals surface area contributed by atoms with Crippen molar-refractivity contribution in [1.29, 1.82) is 0 Å². The van der Waals surface area contributed by atoms with Crippen LogP contribution in [0.5, 0.6) is 0 Å². The van der Waals surface area contributed by atoms with Gasteiger partial charge in [-0.3, -0.25) is 4.68 Å². The Morgan fingerprint density at radius 1 is 1.52 bits per heavy atom. The van der Waals surface area contributed by atoms with Crippen molar-refractivity contribution in [3.05, 3.63) is 51.0 Å². The average molecular weight is 377 g/mol. The normalized spacial score (nSPS) is 12.6. The highest BCUT2D eigenvalue weighted by atomic mass is 79.9. The van der Waals surface area contributed by atoms with Crippen molar-refractivity contribution in [1.82, 2.24) is 15.1 Å². The van der Waals surface area contributed by atoms with Gasteiger partial charge in [0.25, 0.3) is 0 Å². The van der Waals surface area contributed by atoms with Crippen LogP contribution < -0.4 is 5.32 Å². The average Bonchev–Trinajstić information content (AvgIpc) is 2.81. The van der Waals surface area contributed by atoms with Crippen molar-refractivity contribution in [3.8, 4) is 0 Å². The van der Waals surface area contributed by atoms with Crippen molar-refractivity contribution in [2.45, 2.75) is 12.6 Å². The Kier molecular flexibility index (Phi) is 5.75. The Labute approximate surface area is 136 Å². The van der Waals surface area contributed by atoms with Crippen LogP contribution in [0.3, 0.4) is 0 Å². The number of aromatic nitrogens is 2. The summed E-state index contributed by atoms with van der Waals surface area (Å²) in [5.41, 5.74) is 1.36. The van der Waals surface area contributed by atoms with Crippen LogP contribution >= 0.6 is 27.5 Å². The first-order chi connectivity index (χ1) is 10.1. The Balaban J connectivity index is 2.43. The van der Waals surface area contributed by atoms with E-state index in [4.69, 9.17) is 16.3 Å². The Hall–Kier alpha value is -0.950. The number of nitrogens with one attached hydrogen (secondary N) is 1. The molecule has 0 spiro atoms. The van der Waals surface area contributed by atoms with Crippen LogP contribution in [0, 0.1) is 5.82 Å². The van der Waals surface area contributed by atoms with Gasteiger partial charge in [-0.05, 0) is 35.1 Å². The van der Waals surface area contributed by atoms with Crippen LogP contribution in [0.4, 0.5) is 4.39 Å². The molecule has 0 radical (unpaired) electrons. The van der Waals surface area contributed by atoms with Gasteiger partial charge in [0.05, 0.1) is 35.6 Å².